The van der Waals surface area contributed by atoms with Crippen molar-refractivity contribution in [3.8, 4) is 17.2 Å². The fourth-order valence-electron chi connectivity index (χ4n) is 4.23. The van der Waals surface area contributed by atoms with Gasteiger partial charge in [0.1, 0.15) is 17.2 Å². The van der Waals surface area contributed by atoms with Crippen molar-refractivity contribution < 1.29 is 64.5 Å². The van der Waals surface area contributed by atoms with Crippen LogP contribution in [-0.2, 0) is 20.8 Å². The van der Waals surface area contributed by atoms with E-state index in [-0.39, 0.29) is 17.2 Å². The van der Waals surface area contributed by atoms with E-state index in [1.165, 1.54) is 33.5 Å². The lowest BCUT2D eigenvalue weighted by molar-refractivity contribution is -0.445. The Bertz CT molecular complexity index is 1360. The smallest absolute Gasteiger partial charge is 0.466 e. The van der Waals surface area contributed by atoms with Crippen LogP contribution in [0, 0.1) is 0 Å². The average molecular weight is 610 g/mol. The van der Waals surface area contributed by atoms with Crippen LogP contribution in [0.3, 0.4) is 0 Å². The normalized spacial score (nSPS) is 24.9. The zero-order valence-electron chi connectivity index (χ0n) is 21.6. The third-order valence-electron chi connectivity index (χ3n) is 6.27. The minimum Gasteiger partial charge on any atom is -0.497 e. The van der Waals surface area contributed by atoms with Crippen LogP contribution in [0.1, 0.15) is 22.8 Å². The molecule has 0 bridgehead atoms. The van der Waals surface area contributed by atoms with Gasteiger partial charge >= 0.3 is 25.5 Å². The summed E-state index contributed by atoms with van der Waals surface area (Å²) in [7, 11) is -0.760. The SMILES string of the molecule is COc1ccc(C2OC(F)(c3ccc(OC)cc3)C(F)(F)C(F)(c3ccc(OC)cc3)C2(F)F)cc1.O=P(O)(O)O. The molecule has 41 heavy (non-hydrogen) atoms. The summed E-state index contributed by atoms with van der Waals surface area (Å²) in [5.41, 5.74) is -7.26. The number of alkyl halides is 6. The number of hydrogen-bond donors (Lipinski definition) is 3. The zero-order chi connectivity index (χ0) is 30.9. The summed E-state index contributed by atoms with van der Waals surface area (Å²) < 4.78 is 125. The Hall–Kier alpha value is -3.29. The van der Waals surface area contributed by atoms with E-state index in [1.54, 1.807) is 0 Å². The van der Waals surface area contributed by atoms with Gasteiger partial charge in [-0.1, -0.05) is 24.3 Å². The average Bonchev–Trinajstić information content (AvgIpc) is 2.93. The third kappa shape index (κ3) is 5.88. The maximum absolute atomic E-state index is 16.6. The molecule has 0 saturated carbocycles. The number of rotatable bonds is 6. The predicted molar refractivity (Wildman–Crippen MR) is 133 cm³/mol. The molecule has 0 amide bonds. The maximum Gasteiger partial charge on any atom is 0.466 e. The van der Waals surface area contributed by atoms with Crippen molar-refractivity contribution in [3.63, 3.8) is 0 Å². The molecule has 0 spiro atoms. The van der Waals surface area contributed by atoms with Gasteiger partial charge < -0.3 is 33.6 Å². The van der Waals surface area contributed by atoms with Gasteiger partial charge in [-0.3, -0.25) is 0 Å². The van der Waals surface area contributed by atoms with Crippen LogP contribution in [0.2, 0.25) is 0 Å². The molecule has 3 unspecified atom stereocenters. The Morgan fingerprint density at radius 2 is 1.00 bits per heavy atom. The molecule has 3 N–H and O–H groups in total. The number of hydrogen-bond acceptors (Lipinski definition) is 5. The zero-order valence-corrected chi connectivity index (χ0v) is 22.5. The molecule has 0 aromatic heterocycles. The first-order valence-electron chi connectivity index (χ1n) is 11.5. The van der Waals surface area contributed by atoms with Gasteiger partial charge in [-0.05, 0) is 54.1 Å². The van der Waals surface area contributed by atoms with Crippen molar-refractivity contribution in [2.45, 2.75) is 29.5 Å². The molecule has 1 heterocycles. The topological polar surface area (TPSA) is 115 Å². The van der Waals surface area contributed by atoms with Gasteiger partial charge in [0.15, 0.2) is 6.10 Å². The molecule has 0 radical (unpaired) electrons. The number of ether oxygens (including phenoxy) is 4. The fraction of sp³-hybridized carbons (Fsp3) is 0.308. The lowest BCUT2D eigenvalue weighted by atomic mass is 9.72. The molecule has 1 fully saturated rings. The van der Waals surface area contributed by atoms with Crippen LogP contribution in [0.4, 0.5) is 26.3 Å². The van der Waals surface area contributed by atoms with Crippen LogP contribution in [0.5, 0.6) is 17.2 Å². The van der Waals surface area contributed by atoms with E-state index in [1.807, 2.05) is 0 Å². The lowest BCUT2D eigenvalue weighted by Gasteiger charge is -2.52. The minimum atomic E-state index is -5.39. The fourth-order valence-corrected chi connectivity index (χ4v) is 4.23. The van der Waals surface area contributed by atoms with Gasteiger partial charge in [-0.25, -0.2) is 8.96 Å². The standard InChI is InChI=1S/C26H22F6O4.H3O4P/c1-33-19-10-4-16(5-11-19)22-24(28,29)23(27,17-6-12-20(34-2)13-7-17)26(31,32)25(30,36-22)18-8-14-21(35-3)15-9-18;1-5(2,3)4/h4-15,22H,1-3H3;(H3,1,2,3,4). The molecule has 3 aromatic rings. The molecule has 3 atom stereocenters. The molecule has 8 nitrogen and oxygen atoms in total. The second-order valence-corrected chi connectivity index (χ2v) is 9.72. The summed E-state index contributed by atoms with van der Waals surface area (Å²) in [6, 6.07) is 12.2. The first kappa shape index (κ1) is 32.2. The van der Waals surface area contributed by atoms with Crippen molar-refractivity contribution in [2.24, 2.45) is 0 Å². The summed E-state index contributed by atoms with van der Waals surface area (Å²) in [5, 5.41) is 0. The molecular weight excluding hydrogens is 585 g/mol. The molecule has 1 saturated heterocycles. The van der Waals surface area contributed by atoms with E-state index in [2.05, 4.69) is 0 Å². The Morgan fingerprint density at radius 3 is 1.37 bits per heavy atom. The molecule has 224 valence electrons. The second-order valence-electron chi connectivity index (χ2n) is 8.69. The first-order chi connectivity index (χ1) is 19.0. The van der Waals surface area contributed by atoms with Crippen LogP contribution in [0.25, 0.3) is 0 Å². The van der Waals surface area contributed by atoms with Crippen molar-refractivity contribution in [2.75, 3.05) is 21.3 Å². The van der Waals surface area contributed by atoms with E-state index in [9.17, 15) is 0 Å². The molecule has 1 aliphatic rings. The molecule has 0 aliphatic carbocycles. The van der Waals surface area contributed by atoms with E-state index in [0.717, 1.165) is 48.5 Å². The van der Waals surface area contributed by atoms with Crippen LogP contribution < -0.4 is 14.2 Å². The second kappa shape index (κ2) is 11.5. The summed E-state index contributed by atoms with van der Waals surface area (Å²) in [6.07, 6.45) is -2.73. The molecule has 15 heteroatoms. The Morgan fingerprint density at radius 1 is 0.659 bits per heavy atom. The number of halogens is 6. The first-order valence-corrected chi connectivity index (χ1v) is 13.1. The molecular formula is C26H25F6O8P. The summed E-state index contributed by atoms with van der Waals surface area (Å²) in [4.78, 5) is 21.6. The van der Waals surface area contributed by atoms with E-state index in [0.29, 0.717) is 12.1 Å². The van der Waals surface area contributed by atoms with Crippen LogP contribution >= 0.6 is 7.82 Å². The van der Waals surface area contributed by atoms with Gasteiger partial charge in [0.2, 0.25) is 0 Å². The lowest BCUT2D eigenvalue weighted by Crippen LogP contribution is -2.69. The van der Waals surface area contributed by atoms with Crippen molar-refractivity contribution in [3.05, 3.63) is 89.5 Å². The highest BCUT2D eigenvalue weighted by Gasteiger charge is 2.85. The van der Waals surface area contributed by atoms with Crippen LogP contribution in [-0.4, -0.2) is 47.9 Å². The molecule has 3 aromatic carbocycles. The van der Waals surface area contributed by atoms with E-state index >= 15 is 26.3 Å². The van der Waals surface area contributed by atoms with Crippen molar-refractivity contribution >= 4 is 7.82 Å². The molecule has 4 rings (SSSR count). The van der Waals surface area contributed by atoms with Gasteiger partial charge in [0.25, 0.3) is 5.67 Å². The minimum absolute atomic E-state index is 0.106. The number of methoxy groups -OCH3 is 3. The van der Waals surface area contributed by atoms with Crippen LogP contribution in [0.15, 0.2) is 72.8 Å². The van der Waals surface area contributed by atoms with Gasteiger partial charge in [0.05, 0.1) is 21.3 Å². The highest BCUT2D eigenvalue weighted by molar-refractivity contribution is 7.45. The number of benzene rings is 3. The van der Waals surface area contributed by atoms with E-state index in [4.69, 9.17) is 38.2 Å². The molecule has 1 aliphatic heterocycles. The summed E-state index contributed by atoms with van der Waals surface area (Å²) >= 11 is 0. The Balaban J connectivity index is 0.000000850. The third-order valence-corrected chi connectivity index (χ3v) is 6.27. The highest BCUT2D eigenvalue weighted by atomic mass is 31.2. The predicted octanol–water partition coefficient (Wildman–Crippen LogP) is 5.81. The Labute approximate surface area is 230 Å². The monoisotopic (exact) mass is 610 g/mol. The highest BCUT2D eigenvalue weighted by Crippen LogP contribution is 2.68. The summed E-state index contributed by atoms with van der Waals surface area (Å²) in [6.45, 7) is 0. The van der Waals surface area contributed by atoms with Crippen molar-refractivity contribution in [1.82, 2.24) is 0 Å². The number of phosphoric acid groups is 1. The van der Waals surface area contributed by atoms with Crippen molar-refractivity contribution in [1.29, 1.82) is 0 Å². The van der Waals surface area contributed by atoms with Gasteiger partial charge in [0, 0.05) is 11.1 Å². The largest absolute Gasteiger partial charge is 0.497 e. The maximum atomic E-state index is 16.6. The Kier molecular flexibility index (Phi) is 9.07. The summed E-state index contributed by atoms with van der Waals surface area (Å²) in [5.74, 6) is -14.1. The van der Waals surface area contributed by atoms with Gasteiger partial charge in [-0.2, -0.15) is 22.0 Å². The van der Waals surface area contributed by atoms with Gasteiger partial charge in [-0.15, -0.1) is 0 Å². The van der Waals surface area contributed by atoms with E-state index < -0.39 is 54.0 Å². The quantitative estimate of drug-likeness (QED) is 0.237.